The molecule has 1 aromatic carbocycles. The topological polar surface area (TPSA) is 50.7 Å². The van der Waals surface area contributed by atoms with Gasteiger partial charge >= 0.3 is 0 Å². The molecule has 1 unspecified atom stereocenters. The smallest absolute Gasteiger partial charge is 0.119 e. The molecule has 0 aromatic heterocycles. The molecule has 2 rings (SSSR count). The predicted octanol–water partition coefficient (Wildman–Crippen LogP) is 2.39. The van der Waals surface area contributed by atoms with Crippen LogP contribution in [0.2, 0.25) is 0 Å². The van der Waals surface area contributed by atoms with E-state index in [1.54, 1.807) is 13.8 Å². The van der Waals surface area contributed by atoms with E-state index < -0.39 is 57.4 Å². The lowest BCUT2D eigenvalue weighted by Crippen LogP contribution is -2.35. The van der Waals surface area contributed by atoms with Gasteiger partial charge in [0, 0.05) is 28.8 Å². The van der Waals surface area contributed by atoms with Crippen LogP contribution in [0.4, 0.5) is 0 Å². The van der Waals surface area contributed by atoms with Crippen molar-refractivity contribution in [3.8, 4) is 5.75 Å². The minimum absolute atomic E-state index is 0.117. The lowest BCUT2D eigenvalue weighted by molar-refractivity contribution is 0.104. The lowest BCUT2D eigenvalue weighted by Gasteiger charge is -2.15. The third-order valence-electron chi connectivity index (χ3n) is 2.60. The molecule has 124 valence electrons. The molecule has 4 nitrogen and oxygen atoms in total. The number of nitrogens with one attached hydrogen (secondary N) is 1. The van der Waals surface area contributed by atoms with Gasteiger partial charge < -0.3 is 19.9 Å². The van der Waals surface area contributed by atoms with Crippen molar-refractivity contribution in [3.63, 3.8) is 0 Å². The minimum Gasteiger partial charge on any atom is -0.491 e. The highest BCUT2D eigenvalue weighted by molar-refractivity contribution is 5.27. The molecular formula is C18H29NO3. The fourth-order valence-corrected chi connectivity index (χ4v) is 1.38. The summed E-state index contributed by atoms with van der Waals surface area (Å²) < 4.78 is 104. The van der Waals surface area contributed by atoms with Crippen molar-refractivity contribution in [1.82, 2.24) is 5.32 Å². The van der Waals surface area contributed by atoms with Crippen LogP contribution in [-0.2, 0) is 11.1 Å². The second-order valence-electron chi connectivity index (χ2n) is 4.96. The molecule has 0 radical (unpaired) electrons. The third kappa shape index (κ3) is 7.25. The van der Waals surface area contributed by atoms with Gasteiger partial charge in [-0.1, -0.05) is 26.0 Å². The Morgan fingerprint density at radius 2 is 2.18 bits per heavy atom. The second-order valence-corrected chi connectivity index (χ2v) is 4.96. The number of hydrogen-bond donors (Lipinski definition) is 2. The Kier molecular flexibility index (Phi) is 2.99. The van der Waals surface area contributed by atoms with Gasteiger partial charge in [0.2, 0.25) is 0 Å². The standard InChI is InChI=1S/C18H29NO3/c1-14(2)19-11-17(20)13-22-18-7-5-15(6-8-18)9-10-21-12-16-3-4-16/h5-8,14,16-17,19-20H,3-4,9-13H2,1-2H3/i3D2,4D2,9D2,10D2,13D2,16D,17D. The largest absolute Gasteiger partial charge is 0.491 e. The molecule has 0 spiro atoms. The van der Waals surface area contributed by atoms with Crippen molar-refractivity contribution in [1.29, 1.82) is 0 Å². The highest BCUT2D eigenvalue weighted by atomic mass is 16.5. The van der Waals surface area contributed by atoms with Gasteiger partial charge in [0.1, 0.15) is 18.4 Å². The first-order valence-electron chi connectivity index (χ1n) is 13.0. The zero-order chi connectivity index (χ0) is 26.6. The van der Waals surface area contributed by atoms with Gasteiger partial charge in [-0.3, -0.25) is 0 Å². The maximum absolute atomic E-state index is 10.2. The van der Waals surface area contributed by atoms with E-state index in [4.69, 9.17) is 25.9 Å². The molecule has 0 saturated heterocycles. The number of ether oxygens (including phenoxy) is 2. The molecule has 0 aliphatic heterocycles. The molecule has 1 aromatic rings. The van der Waals surface area contributed by atoms with E-state index in [9.17, 15) is 5.11 Å². The van der Waals surface area contributed by atoms with Crippen LogP contribution in [-0.4, -0.2) is 43.5 Å². The van der Waals surface area contributed by atoms with Crippen LogP contribution in [0, 0.1) is 5.89 Å². The van der Waals surface area contributed by atoms with E-state index in [1.165, 1.54) is 0 Å². The van der Waals surface area contributed by atoms with Crippen LogP contribution >= 0.6 is 0 Å². The lowest BCUT2D eigenvalue weighted by atomic mass is 10.1. The molecule has 0 amide bonds. The van der Waals surface area contributed by atoms with Crippen LogP contribution in [0.25, 0.3) is 0 Å². The SMILES string of the molecule is [2H]C(O)(CNC(C)C)C([2H])([2H])Oc1ccc(C([2H])([2H])C([2H])([2H])OCC2([2H])C([2H])([2H])C2([2H])[2H])cc1. The van der Waals surface area contributed by atoms with Crippen molar-refractivity contribution in [2.24, 2.45) is 5.89 Å². The predicted molar refractivity (Wildman–Crippen MR) is 88.3 cm³/mol. The summed E-state index contributed by atoms with van der Waals surface area (Å²) >= 11 is 0. The van der Waals surface area contributed by atoms with E-state index in [0.717, 1.165) is 24.3 Å². The summed E-state index contributed by atoms with van der Waals surface area (Å²) in [6.07, 6.45) is -10.6. The fourth-order valence-electron chi connectivity index (χ4n) is 1.38. The summed E-state index contributed by atoms with van der Waals surface area (Å²) in [5.74, 6) is -2.55. The van der Waals surface area contributed by atoms with Crippen molar-refractivity contribution >= 4 is 0 Å². The van der Waals surface area contributed by atoms with Crippen LogP contribution in [0.3, 0.4) is 0 Å². The molecule has 2 N–H and O–H groups in total. The van der Waals surface area contributed by atoms with Gasteiger partial charge in [0.05, 0.1) is 13.4 Å². The van der Waals surface area contributed by atoms with E-state index in [2.05, 4.69) is 5.32 Å². The zero-order valence-electron chi connectivity index (χ0n) is 24.6. The molecule has 0 heterocycles. The van der Waals surface area contributed by atoms with Crippen molar-refractivity contribution < 1.29 is 31.0 Å². The second kappa shape index (κ2) is 9.13. The van der Waals surface area contributed by atoms with Crippen LogP contribution in [0.1, 0.15) is 48.6 Å². The molecule has 4 heteroatoms. The quantitative estimate of drug-likeness (QED) is 0.657. The van der Waals surface area contributed by atoms with Crippen LogP contribution in [0.15, 0.2) is 24.3 Å². The average molecular weight is 320 g/mol. The average Bonchev–Trinajstić information content (AvgIpc) is 3.01. The van der Waals surface area contributed by atoms with Crippen LogP contribution < -0.4 is 10.1 Å². The normalized spacial score (nSPS) is 33.5. The summed E-state index contributed by atoms with van der Waals surface area (Å²) in [7, 11) is 0. The monoisotopic (exact) mass is 319 g/mol. The number of rotatable bonds is 11. The molecule has 1 aliphatic rings. The Morgan fingerprint density at radius 3 is 2.82 bits per heavy atom. The Hall–Kier alpha value is -1.10. The maximum atomic E-state index is 10.2. The van der Waals surface area contributed by atoms with Gasteiger partial charge in [0.25, 0.3) is 0 Å². The first kappa shape index (κ1) is 7.20. The summed E-state index contributed by atoms with van der Waals surface area (Å²) in [5, 5.41) is 12.9. The maximum Gasteiger partial charge on any atom is 0.119 e. The molecular weight excluding hydrogens is 278 g/mol. The Labute approximate surface area is 150 Å². The summed E-state index contributed by atoms with van der Waals surface area (Å²) in [4.78, 5) is 0. The van der Waals surface area contributed by atoms with Crippen molar-refractivity contribution in [2.75, 3.05) is 26.3 Å². The van der Waals surface area contributed by atoms with Crippen LogP contribution in [0.5, 0.6) is 5.75 Å². The Morgan fingerprint density at radius 1 is 1.45 bits per heavy atom. The number of aliphatic hydroxyl groups is 1. The first-order chi connectivity index (χ1) is 15.1. The Bertz CT molecular complexity index is 859. The fraction of sp³-hybridized carbons (Fsp3) is 0.667. The van der Waals surface area contributed by atoms with E-state index in [-0.39, 0.29) is 17.4 Å². The minimum atomic E-state index is -3.07. The molecule has 1 atom stereocenters. The molecule has 1 aliphatic carbocycles. The van der Waals surface area contributed by atoms with E-state index >= 15 is 0 Å². The molecule has 0 bridgehead atoms. The summed E-state index contributed by atoms with van der Waals surface area (Å²) in [6, 6.07) is 4.31. The molecule has 1 saturated carbocycles. The number of hydrogen-bond acceptors (Lipinski definition) is 4. The summed E-state index contributed by atoms with van der Waals surface area (Å²) in [6.45, 7) is -3.86. The third-order valence-corrected chi connectivity index (χ3v) is 2.60. The molecule has 22 heavy (non-hydrogen) atoms. The van der Waals surface area contributed by atoms with Gasteiger partial charge in [-0.15, -0.1) is 0 Å². The highest BCUT2D eigenvalue weighted by Crippen LogP contribution is 2.28. The summed E-state index contributed by atoms with van der Waals surface area (Å²) in [5.41, 5.74) is -0.256. The van der Waals surface area contributed by atoms with Crippen molar-refractivity contribution in [3.05, 3.63) is 29.8 Å². The zero-order valence-corrected chi connectivity index (χ0v) is 12.6. The van der Waals surface area contributed by atoms with E-state index in [1.807, 2.05) is 0 Å². The molecule has 1 fully saturated rings. The van der Waals surface area contributed by atoms with Gasteiger partial charge in [0.15, 0.2) is 0 Å². The van der Waals surface area contributed by atoms with Gasteiger partial charge in [-0.25, -0.2) is 0 Å². The Balaban J connectivity index is 2.13. The number of benzene rings is 1. The van der Waals surface area contributed by atoms with Crippen molar-refractivity contribution in [2.45, 2.75) is 45.1 Å². The first-order valence-corrected chi connectivity index (χ1v) is 6.95. The number of aryl methyl sites for hydroxylation is 1. The van der Waals surface area contributed by atoms with E-state index in [0.29, 0.717) is 0 Å². The highest BCUT2D eigenvalue weighted by Gasteiger charge is 2.20. The van der Waals surface area contributed by atoms with Gasteiger partial charge in [-0.2, -0.15) is 0 Å². The van der Waals surface area contributed by atoms with Gasteiger partial charge in [-0.05, 0) is 42.7 Å².